The number of carbonyl (C=O) groups is 1. The number of nitrogens with zero attached hydrogens (tertiary/aromatic N) is 1. The molecule has 0 aliphatic carbocycles. The molecule has 1 aliphatic heterocycles. The number of carboxylic acid groups (broad SMARTS) is 1. The van der Waals surface area contributed by atoms with Gasteiger partial charge in [0.05, 0.1) is 12.2 Å². The molecule has 1 unspecified atom stereocenters. The fraction of sp³-hybridized carbons (Fsp3) is 0.900. The second-order valence-electron chi connectivity index (χ2n) is 4.36. The van der Waals surface area contributed by atoms with Crippen LogP contribution < -0.4 is 4.72 Å². The minimum atomic E-state index is -3.44. The van der Waals surface area contributed by atoms with Crippen LogP contribution in [0, 0.1) is 5.92 Å². The van der Waals surface area contributed by atoms with E-state index in [1.54, 1.807) is 0 Å². The molecule has 17 heavy (non-hydrogen) atoms. The average molecular weight is 264 g/mol. The quantitative estimate of drug-likeness (QED) is 0.660. The molecule has 6 nitrogen and oxygen atoms in total. The zero-order chi connectivity index (χ0) is 12.9. The number of aliphatic carboxylic acids is 1. The van der Waals surface area contributed by atoms with Crippen molar-refractivity contribution in [2.75, 3.05) is 31.9 Å². The first-order chi connectivity index (χ1) is 7.93. The van der Waals surface area contributed by atoms with Crippen molar-refractivity contribution >= 4 is 16.0 Å². The molecule has 1 fully saturated rings. The van der Waals surface area contributed by atoms with Crippen LogP contribution in [-0.4, -0.2) is 56.3 Å². The fourth-order valence-electron chi connectivity index (χ4n) is 1.91. The van der Waals surface area contributed by atoms with E-state index in [4.69, 9.17) is 5.11 Å². The third-order valence-electron chi connectivity index (χ3n) is 2.99. The van der Waals surface area contributed by atoms with E-state index >= 15 is 0 Å². The summed E-state index contributed by atoms with van der Waals surface area (Å²) in [6.45, 7) is 5.41. The monoisotopic (exact) mass is 264 g/mol. The highest BCUT2D eigenvalue weighted by atomic mass is 32.2. The van der Waals surface area contributed by atoms with Crippen LogP contribution in [-0.2, 0) is 14.8 Å². The van der Waals surface area contributed by atoms with Crippen LogP contribution in [0.15, 0.2) is 0 Å². The molecule has 1 rings (SSSR count). The lowest BCUT2D eigenvalue weighted by Gasteiger charge is -2.13. The smallest absolute Gasteiger partial charge is 0.304 e. The molecule has 1 aliphatic rings. The van der Waals surface area contributed by atoms with Gasteiger partial charge in [-0.05, 0) is 25.4 Å². The van der Waals surface area contributed by atoms with Crippen LogP contribution in [0.2, 0.25) is 0 Å². The van der Waals surface area contributed by atoms with Crippen LogP contribution in [0.5, 0.6) is 0 Å². The summed E-state index contributed by atoms with van der Waals surface area (Å²) >= 11 is 0. The van der Waals surface area contributed by atoms with Crippen LogP contribution in [0.25, 0.3) is 0 Å². The third-order valence-corrected chi connectivity index (χ3v) is 4.34. The van der Waals surface area contributed by atoms with Crippen molar-refractivity contribution in [3.63, 3.8) is 0 Å². The van der Waals surface area contributed by atoms with E-state index in [1.165, 1.54) is 0 Å². The Morgan fingerprint density at radius 2 is 2.24 bits per heavy atom. The maximum atomic E-state index is 11.5. The van der Waals surface area contributed by atoms with Crippen molar-refractivity contribution in [2.24, 2.45) is 5.92 Å². The predicted octanol–water partition coefficient (Wildman–Crippen LogP) is -0.278. The number of likely N-dealkylation sites (tertiary alicyclic amines) is 1. The molecule has 2 N–H and O–H groups in total. The number of nitrogens with one attached hydrogen (secondary N) is 1. The van der Waals surface area contributed by atoms with Gasteiger partial charge in [-0.15, -0.1) is 0 Å². The number of hydrogen-bond acceptors (Lipinski definition) is 4. The van der Waals surface area contributed by atoms with E-state index < -0.39 is 16.0 Å². The second kappa shape index (κ2) is 6.32. The van der Waals surface area contributed by atoms with Gasteiger partial charge in [0.15, 0.2) is 0 Å². The topological polar surface area (TPSA) is 86.7 Å². The SMILES string of the molecule is CCN1CCC(CNS(=O)(=O)CCC(=O)O)C1. The first-order valence-electron chi connectivity index (χ1n) is 5.84. The lowest BCUT2D eigenvalue weighted by Crippen LogP contribution is -2.33. The van der Waals surface area contributed by atoms with Crippen molar-refractivity contribution in [3.8, 4) is 0 Å². The van der Waals surface area contributed by atoms with Crippen LogP contribution in [0.1, 0.15) is 19.8 Å². The maximum absolute atomic E-state index is 11.5. The molecule has 0 radical (unpaired) electrons. The number of hydrogen-bond donors (Lipinski definition) is 2. The summed E-state index contributed by atoms with van der Waals surface area (Å²) in [6, 6.07) is 0. The van der Waals surface area contributed by atoms with Crippen LogP contribution >= 0.6 is 0 Å². The van der Waals surface area contributed by atoms with Gasteiger partial charge in [-0.25, -0.2) is 13.1 Å². The van der Waals surface area contributed by atoms with Gasteiger partial charge in [-0.3, -0.25) is 4.79 Å². The van der Waals surface area contributed by atoms with Gasteiger partial charge >= 0.3 is 5.97 Å². The Morgan fingerprint density at radius 3 is 2.76 bits per heavy atom. The Hall–Kier alpha value is -0.660. The number of sulfonamides is 1. The summed E-state index contributed by atoms with van der Waals surface area (Å²) in [5, 5.41) is 8.42. The van der Waals surface area contributed by atoms with E-state index in [0.29, 0.717) is 12.5 Å². The van der Waals surface area contributed by atoms with Gasteiger partial charge in [0, 0.05) is 13.1 Å². The highest BCUT2D eigenvalue weighted by molar-refractivity contribution is 7.89. The molecule has 0 aromatic heterocycles. The highest BCUT2D eigenvalue weighted by Crippen LogP contribution is 2.14. The van der Waals surface area contributed by atoms with E-state index in [2.05, 4.69) is 16.5 Å². The number of carboxylic acids is 1. The zero-order valence-electron chi connectivity index (χ0n) is 10.1. The first kappa shape index (κ1) is 14.4. The minimum Gasteiger partial charge on any atom is -0.481 e. The Kier molecular flexibility index (Phi) is 5.35. The highest BCUT2D eigenvalue weighted by Gasteiger charge is 2.22. The molecule has 0 bridgehead atoms. The Bertz CT molecular complexity index is 355. The molecular formula is C10H20N2O4S. The Labute approximate surface area is 102 Å². The molecule has 0 amide bonds. The van der Waals surface area contributed by atoms with Gasteiger partial charge in [-0.2, -0.15) is 0 Å². The van der Waals surface area contributed by atoms with Crippen molar-refractivity contribution in [1.82, 2.24) is 9.62 Å². The summed E-state index contributed by atoms with van der Waals surface area (Å²) in [4.78, 5) is 12.6. The van der Waals surface area contributed by atoms with Crippen molar-refractivity contribution in [1.29, 1.82) is 0 Å². The Balaban J connectivity index is 2.28. The fourth-order valence-corrected chi connectivity index (χ4v) is 2.98. The van der Waals surface area contributed by atoms with Crippen molar-refractivity contribution in [3.05, 3.63) is 0 Å². The molecule has 1 heterocycles. The predicted molar refractivity (Wildman–Crippen MR) is 64.3 cm³/mol. The standard InChI is InChI=1S/C10H20N2O4S/c1-2-12-5-3-9(8-12)7-11-17(15,16)6-4-10(13)14/h9,11H,2-8H2,1H3,(H,13,14). The molecule has 0 saturated carbocycles. The van der Waals surface area contributed by atoms with Crippen LogP contribution in [0.3, 0.4) is 0 Å². The Morgan fingerprint density at radius 1 is 1.53 bits per heavy atom. The van der Waals surface area contributed by atoms with E-state index in [-0.39, 0.29) is 12.2 Å². The average Bonchev–Trinajstić information content (AvgIpc) is 2.72. The summed E-state index contributed by atoms with van der Waals surface area (Å²) < 4.78 is 25.4. The minimum absolute atomic E-state index is 0.341. The largest absolute Gasteiger partial charge is 0.481 e. The third kappa shape index (κ3) is 5.47. The molecule has 0 aromatic rings. The van der Waals surface area contributed by atoms with Gasteiger partial charge in [0.25, 0.3) is 0 Å². The summed E-state index contributed by atoms with van der Waals surface area (Å²) in [5.41, 5.74) is 0. The molecule has 7 heteroatoms. The lowest BCUT2D eigenvalue weighted by atomic mass is 10.1. The van der Waals surface area contributed by atoms with E-state index in [0.717, 1.165) is 26.1 Å². The first-order valence-corrected chi connectivity index (χ1v) is 7.49. The zero-order valence-corrected chi connectivity index (χ0v) is 10.9. The van der Waals surface area contributed by atoms with Gasteiger partial charge in [0.2, 0.25) is 10.0 Å². The summed E-state index contributed by atoms with van der Waals surface area (Å²) in [5.74, 6) is -1.09. The van der Waals surface area contributed by atoms with Crippen molar-refractivity contribution < 1.29 is 18.3 Å². The molecular weight excluding hydrogens is 244 g/mol. The maximum Gasteiger partial charge on any atom is 0.304 e. The second-order valence-corrected chi connectivity index (χ2v) is 6.29. The number of rotatable bonds is 7. The molecule has 0 spiro atoms. The molecule has 100 valence electrons. The normalized spacial score (nSPS) is 21.8. The summed E-state index contributed by atoms with van der Waals surface area (Å²) in [7, 11) is -3.44. The molecule has 0 aromatic carbocycles. The van der Waals surface area contributed by atoms with Gasteiger partial charge in [0.1, 0.15) is 0 Å². The summed E-state index contributed by atoms with van der Waals surface area (Å²) in [6.07, 6.45) is 0.649. The molecule has 1 saturated heterocycles. The van der Waals surface area contributed by atoms with Crippen molar-refractivity contribution in [2.45, 2.75) is 19.8 Å². The molecule has 1 atom stereocenters. The lowest BCUT2D eigenvalue weighted by molar-refractivity contribution is -0.136. The van der Waals surface area contributed by atoms with E-state index in [1.807, 2.05) is 0 Å². The van der Waals surface area contributed by atoms with Crippen LogP contribution in [0.4, 0.5) is 0 Å². The van der Waals surface area contributed by atoms with Gasteiger partial charge < -0.3 is 10.0 Å². The van der Waals surface area contributed by atoms with Gasteiger partial charge in [-0.1, -0.05) is 6.92 Å². The van der Waals surface area contributed by atoms with E-state index in [9.17, 15) is 13.2 Å².